The molecular formula is C100H100O18. The third-order valence-electron chi connectivity index (χ3n) is 22.6. The number of aromatic hydroxyl groups is 12. The van der Waals surface area contributed by atoms with Gasteiger partial charge >= 0.3 is 0 Å². The highest BCUT2D eigenvalue weighted by molar-refractivity contribution is 6.01. The summed E-state index contributed by atoms with van der Waals surface area (Å²) in [4.78, 5) is 30.3. The van der Waals surface area contributed by atoms with Crippen molar-refractivity contribution in [2.45, 2.75) is 170 Å². The van der Waals surface area contributed by atoms with E-state index >= 15 is 9.59 Å². The molecule has 0 saturated heterocycles. The molecule has 0 aromatic heterocycles. The quantitative estimate of drug-likeness (QED) is 0.0428. The molecule has 16 bridgehead atoms. The van der Waals surface area contributed by atoms with Crippen LogP contribution in [0, 0.1) is 0 Å². The summed E-state index contributed by atoms with van der Waals surface area (Å²) in [6, 6.07) is 56.5. The molecule has 12 aromatic carbocycles. The lowest BCUT2D eigenvalue weighted by Crippen LogP contribution is -2.09. The van der Waals surface area contributed by atoms with Crippen molar-refractivity contribution in [2.75, 3.05) is 0 Å². The fourth-order valence-electron chi connectivity index (χ4n) is 15.9. The van der Waals surface area contributed by atoms with Crippen LogP contribution < -0.4 is 0 Å². The molecular weight excluding hydrogens is 1490 g/mol. The molecule has 0 atom stereocenters. The summed E-state index contributed by atoms with van der Waals surface area (Å²) in [7, 11) is 0. The van der Waals surface area contributed by atoms with Crippen molar-refractivity contribution in [2.24, 2.45) is 0 Å². The summed E-state index contributed by atoms with van der Waals surface area (Å²) < 4.78 is 25.1. The van der Waals surface area contributed by atoms with Crippen molar-refractivity contribution in [3.05, 3.63) is 350 Å². The molecule has 1 aliphatic rings. The second-order valence-electron chi connectivity index (χ2n) is 30.5. The number of aryl methyl sites for hydroxylation is 8. The molecule has 1 heterocycles. The maximum Gasteiger partial charge on any atom is 0.171 e. The van der Waals surface area contributed by atoms with Gasteiger partial charge in [-0.15, -0.1) is 0 Å². The second-order valence-corrected chi connectivity index (χ2v) is 30.5. The maximum atomic E-state index is 15.2. The molecule has 0 saturated carbocycles. The summed E-state index contributed by atoms with van der Waals surface area (Å²) in [5, 5.41) is 142. The van der Waals surface area contributed by atoms with Gasteiger partial charge in [0.2, 0.25) is 0 Å². The van der Waals surface area contributed by atoms with Crippen molar-refractivity contribution < 1.29 is 89.8 Å². The van der Waals surface area contributed by atoms with Crippen LogP contribution in [0.4, 0.5) is 0 Å². The first-order valence-corrected chi connectivity index (χ1v) is 40.2. The number of carbonyl (C=O) groups excluding carboxylic acids is 2. The second kappa shape index (κ2) is 38.0. The van der Waals surface area contributed by atoms with Gasteiger partial charge in [0, 0.05) is 94.2 Å². The van der Waals surface area contributed by atoms with Gasteiger partial charge in [0.05, 0.1) is 64.0 Å². The zero-order chi connectivity index (χ0) is 83.3. The fraction of sp³-hybridized carbons (Fsp3) is 0.260. The predicted octanol–water partition coefficient (Wildman–Crippen LogP) is 18.4. The van der Waals surface area contributed by atoms with Gasteiger partial charge in [-0.25, -0.2) is 0 Å². The number of phenols is 12. The van der Waals surface area contributed by atoms with Crippen LogP contribution in [0.3, 0.4) is 0 Å². The molecule has 18 nitrogen and oxygen atoms in total. The lowest BCUT2D eigenvalue weighted by molar-refractivity contribution is 0.0970. The average Bonchev–Trinajstić information content (AvgIpc) is 0.796. The van der Waals surface area contributed by atoms with Gasteiger partial charge in [-0.2, -0.15) is 0 Å². The van der Waals surface area contributed by atoms with E-state index in [0.29, 0.717) is 126 Å². The number of hydrogen-bond acceptors (Lipinski definition) is 18. The SMILES string of the molecule is CCc1cccc(COCc2cc3cc(c2O)CC(=O)c2cc(Cc4cccc(CC)c4O)cc(c2O)COCc2cccc(c2O)CCc2cccc(c2O)Cc2cc(COCc4cccc(CC)c4O)c(O)c(c2)C(=O)Cc2cc(Cc4cccc(CC)c4O)cc(c2O)COCc2cccc(c2O)CCc2cccc(c2O)C3)c1O. The number of phenolic OH excluding ortho intramolecular Hbond substituents is 12. The van der Waals surface area contributed by atoms with Gasteiger partial charge in [0.1, 0.15) is 69.0 Å². The van der Waals surface area contributed by atoms with E-state index in [0.717, 1.165) is 22.3 Å². The zero-order valence-corrected chi connectivity index (χ0v) is 66.8. The van der Waals surface area contributed by atoms with Gasteiger partial charge in [0.25, 0.3) is 0 Å². The van der Waals surface area contributed by atoms with Gasteiger partial charge in [-0.05, 0) is 177 Å². The molecule has 1 aliphatic heterocycles. The third-order valence-corrected chi connectivity index (χ3v) is 22.6. The summed E-state index contributed by atoms with van der Waals surface area (Å²) in [5.41, 5.74) is 12.9. The Morgan fingerprint density at radius 1 is 0.254 bits per heavy atom. The highest BCUT2D eigenvalue weighted by atomic mass is 16.5. The molecule has 118 heavy (non-hydrogen) atoms. The number of Topliss-reactive ketones (excluding diaryl/α,β-unsaturated/α-hetero) is 2. The Labute approximate surface area is 687 Å². The van der Waals surface area contributed by atoms with Crippen molar-refractivity contribution in [1.82, 2.24) is 0 Å². The normalized spacial score (nSPS) is 13.3. The molecule has 608 valence electrons. The topological polar surface area (TPSA) is 314 Å². The fourth-order valence-corrected chi connectivity index (χ4v) is 15.9. The average molecular weight is 1590 g/mol. The van der Waals surface area contributed by atoms with Crippen LogP contribution in [0.15, 0.2) is 194 Å². The Bertz CT molecular complexity index is 5700. The molecule has 0 fully saturated rings. The molecule has 12 aromatic rings. The van der Waals surface area contributed by atoms with Crippen molar-refractivity contribution in [3.63, 3.8) is 0 Å². The number of para-hydroxylation sites is 8. The van der Waals surface area contributed by atoms with E-state index in [4.69, 9.17) is 18.9 Å². The van der Waals surface area contributed by atoms with Crippen LogP contribution >= 0.6 is 0 Å². The van der Waals surface area contributed by atoms with Crippen LogP contribution in [0.2, 0.25) is 0 Å². The van der Waals surface area contributed by atoms with E-state index < -0.39 is 24.4 Å². The number of ether oxygens (including phenoxy) is 4. The first-order chi connectivity index (χ1) is 57.1. The van der Waals surface area contributed by atoms with Crippen molar-refractivity contribution in [3.8, 4) is 69.0 Å². The number of ketones is 2. The van der Waals surface area contributed by atoms with E-state index in [1.54, 1.807) is 133 Å². The minimum absolute atomic E-state index is 0.00799. The molecule has 0 unspecified atom stereocenters. The molecule has 0 spiro atoms. The zero-order valence-electron chi connectivity index (χ0n) is 66.8. The van der Waals surface area contributed by atoms with E-state index in [1.165, 1.54) is 0 Å². The van der Waals surface area contributed by atoms with Crippen molar-refractivity contribution in [1.29, 1.82) is 0 Å². The molecule has 18 heteroatoms. The summed E-state index contributed by atoms with van der Waals surface area (Å²) in [5.74, 6) is -2.05. The van der Waals surface area contributed by atoms with Gasteiger partial charge < -0.3 is 80.2 Å². The summed E-state index contributed by atoms with van der Waals surface area (Å²) >= 11 is 0. The van der Waals surface area contributed by atoms with Crippen LogP contribution in [0.25, 0.3) is 0 Å². The molecule has 0 amide bonds. The Morgan fingerprint density at radius 2 is 0.551 bits per heavy atom. The number of benzene rings is 12. The van der Waals surface area contributed by atoms with E-state index in [9.17, 15) is 61.3 Å². The van der Waals surface area contributed by atoms with Gasteiger partial charge in [-0.1, -0.05) is 185 Å². The highest BCUT2D eigenvalue weighted by Crippen LogP contribution is 2.41. The Kier molecular flexibility index (Phi) is 26.9. The highest BCUT2D eigenvalue weighted by Gasteiger charge is 2.27. The molecule has 12 N–H and O–H groups in total. The number of rotatable bonds is 16. The lowest BCUT2D eigenvalue weighted by atomic mass is 9.91. The number of fused-ring (bicyclic) bond motifs is 16. The number of hydrogen-bond donors (Lipinski definition) is 12. The number of carbonyl (C=O) groups is 2. The Morgan fingerprint density at radius 3 is 0.983 bits per heavy atom. The standard InChI is InChI=1S/C100H100O18/c1-5-63-17-9-25-71(89(63)103)37-59-41-79-49-88(102)86-48-62(46-84(100(86)114)57-117-52-76-30-12-20-66(8-4)92(76)106)40-74-28-14-22-68(94(74)108)34-36-70-24-16-32-78(96(70)110)54-118-58-83-45-61(39-72-26-10-18-64(6-2)90(72)104)47-85(99(83)113)87(101)50-80-42-60(44-82(98(80)112)55-115-51-75-29-11-19-65(7-3)91(75)105)38-73-27-13-21-67(93(73)107)33-35-69-23-15-31-77(95(69)109)53-116-56-81(43-59)97(79)111/h9-32,41-48,103-114H,5-8,33-40,49-58H2,1-4H3. The van der Waals surface area contributed by atoms with Crippen LogP contribution in [-0.4, -0.2) is 72.8 Å². The molecule has 0 aliphatic carbocycles. The Balaban J connectivity index is 0.862. The predicted molar refractivity (Wildman–Crippen MR) is 451 cm³/mol. The molecule has 0 radical (unpaired) electrons. The van der Waals surface area contributed by atoms with Gasteiger partial charge in [0.15, 0.2) is 11.6 Å². The minimum Gasteiger partial charge on any atom is -0.507 e. The lowest BCUT2D eigenvalue weighted by Gasteiger charge is -2.17. The monoisotopic (exact) mass is 1590 g/mol. The maximum absolute atomic E-state index is 15.2. The third kappa shape index (κ3) is 19.2. The van der Waals surface area contributed by atoms with E-state index in [2.05, 4.69) is 0 Å². The van der Waals surface area contributed by atoms with Crippen LogP contribution in [-0.2, 0) is 162 Å². The first kappa shape index (κ1) is 83.4. The minimum atomic E-state index is -0.569. The largest absolute Gasteiger partial charge is 0.507 e. The summed E-state index contributed by atoms with van der Waals surface area (Å²) in [6.45, 7) is 6.66. The van der Waals surface area contributed by atoms with Crippen LogP contribution in [0.1, 0.15) is 193 Å². The first-order valence-electron chi connectivity index (χ1n) is 40.2. The molecule has 13 rings (SSSR count). The van der Waals surface area contributed by atoms with Gasteiger partial charge in [-0.3, -0.25) is 9.59 Å². The smallest absolute Gasteiger partial charge is 0.171 e. The van der Waals surface area contributed by atoms with Crippen LogP contribution in [0.5, 0.6) is 69.0 Å². The van der Waals surface area contributed by atoms with E-state index in [1.807, 2.05) is 88.4 Å². The van der Waals surface area contributed by atoms with Crippen molar-refractivity contribution >= 4 is 11.6 Å². The summed E-state index contributed by atoms with van der Waals surface area (Å²) in [6.07, 6.45) is 3.10. The Hall–Kier alpha value is -12.6. The van der Waals surface area contributed by atoms with E-state index in [-0.39, 0.29) is 207 Å².